The lowest BCUT2D eigenvalue weighted by Gasteiger charge is -2.10. The number of hydrogen-bond donors (Lipinski definition) is 0. The molecule has 1 aliphatic heterocycles. The number of rotatable bonds is 4. The van der Waals surface area contributed by atoms with Crippen LogP contribution in [-0.4, -0.2) is 35.2 Å². The molecule has 2 heterocycles. The molecule has 1 fully saturated rings. The van der Waals surface area contributed by atoms with Crippen LogP contribution in [0, 0.1) is 0 Å². The van der Waals surface area contributed by atoms with Crippen LogP contribution >= 0.6 is 23.1 Å². The predicted molar refractivity (Wildman–Crippen MR) is 73.6 cm³/mol. The first kappa shape index (κ1) is 13.8. The van der Waals surface area contributed by atoms with E-state index < -0.39 is 17.1 Å². The van der Waals surface area contributed by atoms with E-state index in [4.69, 9.17) is 4.74 Å². The number of amides is 2. The molecule has 0 saturated carbocycles. The molecular weight excluding hydrogens is 286 g/mol. The highest BCUT2D eigenvalue weighted by atomic mass is 32.2. The first-order chi connectivity index (χ1) is 9.11. The highest BCUT2D eigenvalue weighted by Crippen LogP contribution is 2.32. The van der Waals surface area contributed by atoms with Crippen LogP contribution in [0.2, 0.25) is 0 Å². The highest BCUT2D eigenvalue weighted by molar-refractivity contribution is 8.18. The van der Waals surface area contributed by atoms with Crippen molar-refractivity contribution in [2.24, 2.45) is 0 Å². The molecule has 7 heteroatoms. The number of thioether (sulfide) groups is 1. The Morgan fingerprint density at radius 3 is 2.89 bits per heavy atom. The number of carbonyl (C=O) groups is 3. The van der Waals surface area contributed by atoms with Gasteiger partial charge >= 0.3 is 5.97 Å². The molecule has 0 unspecified atom stereocenters. The van der Waals surface area contributed by atoms with Crippen molar-refractivity contribution in [3.05, 3.63) is 27.3 Å². The SMILES string of the molecule is CCOC(=O)CN1C(=O)S/C(=C/c2ccsc2)C1=O. The number of ether oxygens (including phenoxy) is 1. The normalized spacial score (nSPS) is 17.3. The molecule has 19 heavy (non-hydrogen) atoms. The van der Waals surface area contributed by atoms with Gasteiger partial charge in [0.2, 0.25) is 0 Å². The van der Waals surface area contributed by atoms with Crippen LogP contribution in [0.5, 0.6) is 0 Å². The molecule has 0 bridgehead atoms. The van der Waals surface area contributed by atoms with E-state index in [1.54, 1.807) is 13.0 Å². The lowest BCUT2D eigenvalue weighted by Crippen LogP contribution is -2.34. The number of hydrogen-bond acceptors (Lipinski definition) is 6. The van der Waals surface area contributed by atoms with Gasteiger partial charge in [0.05, 0.1) is 11.5 Å². The van der Waals surface area contributed by atoms with Gasteiger partial charge in [-0.3, -0.25) is 19.3 Å². The van der Waals surface area contributed by atoms with E-state index in [9.17, 15) is 14.4 Å². The van der Waals surface area contributed by atoms with Crippen molar-refractivity contribution in [1.29, 1.82) is 0 Å². The summed E-state index contributed by atoms with van der Waals surface area (Å²) in [6.07, 6.45) is 1.65. The monoisotopic (exact) mass is 297 g/mol. The number of esters is 1. The minimum absolute atomic E-state index is 0.222. The van der Waals surface area contributed by atoms with Crippen LogP contribution in [0.25, 0.3) is 6.08 Å². The van der Waals surface area contributed by atoms with E-state index in [0.717, 1.165) is 22.2 Å². The fourth-order valence-corrected chi connectivity index (χ4v) is 2.94. The van der Waals surface area contributed by atoms with Gasteiger partial charge in [-0.25, -0.2) is 0 Å². The Labute approximate surface area is 118 Å². The molecule has 0 atom stereocenters. The van der Waals surface area contributed by atoms with Crippen molar-refractivity contribution in [2.75, 3.05) is 13.2 Å². The lowest BCUT2D eigenvalue weighted by atomic mass is 10.3. The lowest BCUT2D eigenvalue weighted by molar-refractivity contribution is -0.145. The van der Waals surface area contributed by atoms with Gasteiger partial charge in [0.25, 0.3) is 11.1 Å². The maximum Gasteiger partial charge on any atom is 0.326 e. The summed E-state index contributed by atoms with van der Waals surface area (Å²) in [5.74, 6) is -1.03. The molecule has 2 rings (SSSR count). The summed E-state index contributed by atoms with van der Waals surface area (Å²) in [6.45, 7) is 1.56. The number of thiophene rings is 1. The van der Waals surface area contributed by atoms with Gasteiger partial charge in [-0.2, -0.15) is 11.3 Å². The van der Waals surface area contributed by atoms with Gasteiger partial charge in [0, 0.05) is 0 Å². The van der Waals surface area contributed by atoms with Gasteiger partial charge in [0.15, 0.2) is 0 Å². The Hall–Kier alpha value is -1.60. The maximum atomic E-state index is 12.0. The van der Waals surface area contributed by atoms with Gasteiger partial charge in [-0.05, 0) is 47.2 Å². The van der Waals surface area contributed by atoms with Crippen molar-refractivity contribution >= 4 is 46.3 Å². The van der Waals surface area contributed by atoms with Crippen LogP contribution < -0.4 is 0 Å². The molecule has 1 aromatic rings. The second kappa shape index (κ2) is 6.03. The Morgan fingerprint density at radius 2 is 2.26 bits per heavy atom. The van der Waals surface area contributed by atoms with E-state index in [0.29, 0.717) is 4.91 Å². The van der Waals surface area contributed by atoms with Crippen molar-refractivity contribution in [3.8, 4) is 0 Å². The molecule has 0 aromatic carbocycles. The summed E-state index contributed by atoms with van der Waals surface area (Å²) in [4.78, 5) is 36.2. The van der Waals surface area contributed by atoms with Crippen LogP contribution in [-0.2, 0) is 14.3 Å². The Kier molecular flexibility index (Phi) is 4.39. The first-order valence-corrected chi connectivity index (χ1v) is 7.31. The summed E-state index contributed by atoms with van der Waals surface area (Å²) < 4.78 is 4.73. The van der Waals surface area contributed by atoms with E-state index >= 15 is 0 Å². The van der Waals surface area contributed by atoms with Crippen LogP contribution in [0.1, 0.15) is 12.5 Å². The van der Waals surface area contributed by atoms with E-state index in [1.807, 2.05) is 16.8 Å². The second-order valence-corrected chi connectivity index (χ2v) is 5.40. The average molecular weight is 297 g/mol. The van der Waals surface area contributed by atoms with Crippen molar-refractivity contribution in [2.45, 2.75) is 6.92 Å². The van der Waals surface area contributed by atoms with Crippen molar-refractivity contribution in [3.63, 3.8) is 0 Å². The van der Waals surface area contributed by atoms with Gasteiger partial charge in [-0.1, -0.05) is 0 Å². The Balaban J connectivity index is 2.10. The molecule has 1 aromatic heterocycles. The molecule has 0 aliphatic carbocycles. The van der Waals surface area contributed by atoms with Crippen LogP contribution in [0.3, 0.4) is 0 Å². The zero-order valence-electron chi connectivity index (χ0n) is 10.1. The minimum atomic E-state index is -0.582. The maximum absolute atomic E-state index is 12.0. The number of imide groups is 1. The summed E-state index contributed by atoms with van der Waals surface area (Å²) >= 11 is 2.34. The summed E-state index contributed by atoms with van der Waals surface area (Å²) in [6, 6.07) is 1.85. The predicted octanol–water partition coefficient (Wildman–Crippen LogP) is 2.35. The van der Waals surface area contributed by atoms with Gasteiger partial charge in [0.1, 0.15) is 6.54 Å². The standard InChI is InChI=1S/C12H11NO4S2/c1-2-17-10(14)6-13-11(15)9(19-12(13)16)5-8-3-4-18-7-8/h3-5,7H,2,6H2,1H3/b9-5+. The van der Waals surface area contributed by atoms with Gasteiger partial charge < -0.3 is 4.74 Å². The highest BCUT2D eigenvalue weighted by Gasteiger charge is 2.36. The molecule has 1 aliphatic rings. The largest absolute Gasteiger partial charge is 0.465 e. The van der Waals surface area contributed by atoms with Gasteiger partial charge in [-0.15, -0.1) is 0 Å². The summed E-state index contributed by atoms with van der Waals surface area (Å²) in [5.41, 5.74) is 0.867. The first-order valence-electron chi connectivity index (χ1n) is 5.55. The van der Waals surface area contributed by atoms with Crippen molar-refractivity contribution < 1.29 is 19.1 Å². The Morgan fingerprint density at radius 1 is 1.47 bits per heavy atom. The van der Waals surface area contributed by atoms with Crippen LogP contribution in [0.4, 0.5) is 4.79 Å². The van der Waals surface area contributed by atoms with E-state index in [1.165, 1.54) is 11.3 Å². The molecule has 5 nitrogen and oxygen atoms in total. The minimum Gasteiger partial charge on any atom is -0.465 e. The molecule has 0 N–H and O–H groups in total. The molecular formula is C12H11NO4S2. The zero-order chi connectivity index (χ0) is 13.8. The fraction of sp³-hybridized carbons (Fsp3) is 0.250. The quantitative estimate of drug-likeness (QED) is 0.630. The third-order valence-corrected chi connectivity index (χ3v) is 3.92. The third kappa shape index (κ3) is 3.24. The molecule has 1 saturated heterocycles. The van der Waals surface area contributed by atoms with Crippen LogP contribution in [0.15, 0.2) is 21.7 Å². The number of carbonyl (C=O) groups excluding carboxylic acids is 3. The second-order valence-electron chi connectivity index (χ2n) is 3.63. The molecule has 0 radical (unpaired) electrons. The summed E-state index contributed by atoms with van der Waals surface area (Å²) in [5, 5.41) is 3.31. The summed E-state index contributed by atoms with van der Waals surface area (Å²) in [7, 11) is 0. The zero-order valence-corrected chi connectivity index (χ0v) is 11.8. The Bertz CT molecular complexity index is 536. The molecule has 0 spiro atoms. The molecule has 2 amide bonds. The molecule has 100 valence electrons. The smallest absolute Gasteiger partial charge is 0.326 e. The van der Waals surface area contributed by atoms with Crippen molar-refractivity contribution in [1.82, 2.24) is 4.90 Å². The third-order valence-electron chi connectivity index (χ3n) is 2.31. The van der Waals surface area contributed by atoms with E-state index in [-0.39, 0.29) is 13.2 Å². The topological polar surface area (TPSA) is 63.7 Å². The number of nitrogens with zero attached hydrogens (tertiary/aromatic N) is 1. The average Bonchev–Trinajstić information content (AvgIpc) is 2.95. The van der Waals surface area contributed by atoms with E-state index in [2.05, 4.69) is 0 Å². The fourth-order valence-electron chi connectivity index (χ4n) is 1.48.